The molecule has 3 heteroatoms. The minimum Gasteiger partial charge on any atom is -0.364 e. The van der Waals surface area contributed by atoms with Crippen LogP contribution in [0.5, 0.6) is 0 Å². The van der Waals surface area contributed by atoms with Crippen LogP contribution in [-0.4, -0.2) is 29.7 Å². The molecule has 2 aliphatic heterocycles. The molecular weight excluding hydrogens is 234 g/mol. The van der Waals surface area contributed by atoms with Gasteiger partial charge in [0, 0.05) is 23.8 Å². The van der Waals surface area contributed by atoms with Gasteiger partial charge in [-0.2, -0.15) is 0 Å². The summed E-state index contributed by atoms with van der Waals surface area (Å²) < 4.78 is 0. The molecule has 1 N–H and O–H groups in total. The average molecular weight is 259 g/mol. The molecule has 0 aliphatic carbocycles. The van der Waals surface area contributed by atoms with Crippen LogP contribution in [0.3, 0.4) is 0 Å². The summed E-state index contributed by atoms with van der Waals surface area (Å²) in [5.74, 6) is 0. The van der Waals surface area contributed by atoms with Gasteiger partial charge in [0.15, 0.2) is 0 Å². The zero-order chi connectivity index (χ0) is 13.4. The fourth-order valence-corrected chi connectivity index (χ4v) is 3.98. The van der Waals surface area contributed by atoms with E-state index in [0.29, 0.717) is 12.1 Å². The normalized spacial score (nSPS) is 29.8. The van der Waals surface area contributed by atoms with Gasteiger partial charge in [-0.3, -0.25) is 4.98 Å². The first kappa shape index (κ1) is 12.9. The Morgan fingerprint density at radius 2 is 1.89 bits per heavy atom. The predicted molar refractivity (Wildman–Crippen MR) is 79.7 cm³/mol. The number of nitrogens with zero attached hydrogens (tertiary/aromatic N) is 2. The Bertz CT molecular complexity index is 443. The number of nitrogens with one attached hydrogen (secondary N) is 1. The molecule has 104 valence electrons. The highest BCUT2D eigenvalue weighted by molar-refractivity contribution is 5.54. The zero-order valence-corrected chi connectivity index (χ0v) is 12.3. The molecule has 2 saturated heterocycles. The Kier molecular flexibility index (Phi) is 3.48. The summed E-state index contributed by atoms with van der Waals surface area (Å²) in [6.45, 7) is 7.53. The minimum absolute atomic E-state index is 0.714. The van der Waals surface area contributed by atoms with Gasteiger partial charge in [-0.25, -0.2) is 0 Å². The van der Waals surface area contributed by atoms with Crippen LogP contribution in [-0.2, 0) is 0 Å². The maximum Gasteiger partial charge on any atom is 0.0609 e. The van der Waals surface area contributed by atoms with Crippen LogP contribution in [0.25, 0.3) is 0 Å². The fraction of sp³-hybridized carbons (Fsp3) is 0.688. The van der Waals surface area contributed by atoms with Crippen molar-refractivity contribution in [1.82, 2.24) is 10.3 Å². The molecule has 1 aromatic heterocycles. The summed E-state index contributed by atoms with van der Waals surface area (Å²) in [4.78, 5) is 7.31. The van der Waals surface area contributed by atoms with Crippen molar-refractivity contribution in [3.63, 3.8) is 0 Å². The highest BCUT2D eigenvalue weighted by atomic mass is 15.2. The highest BCUT2D eigenvalue weighted by Crippen LogP contribution is 2.40. The SMILES string of the molecule is CCNC1CC2CCC(C1)N2c1ccc(C)nc1C. The molecule has 3 heterocycles. The van der Waals surface area contributed by atoms with Crippen LogP contribution in [0.2, 0.25) is 0 Å². The van der Waals surface area contributed by atoms with Gasteiger partial charge in [-0.1, -0.05) is 6.92 Å². The van der Waals surface area contributed by atoms with E-state index >= 15 is 0 Å². The molecule has 2 atom stereocenters. The van der Waals surface area contributed by atoms with Gasteiger partial charge in [0.05, 0.1) is 11.4 Å². The summed E-state index contributed by atoms with van der Waals surface area (Å²) in [7, 11) is 0. The first-order valence-corrected chi connectivity index (χ1v) is 7.65. The number of anilines is 1. The average Bonchev–Trinajstić information content (AvgIpc) is 2.63. The van der Waals surface area contributed by atoms with Crippen LogP contribution < -0.4 is 10.2 Å². The third-order valence-electron chi connectivity index (χ3n) is 4.70. The maximum absolute atomic E-state index is 4.64. The number of piperidine rings is 1. The van der Waals surface area contributed by atoms with Gasteiger partial charge in [-0.15, -0.1) is 0 Å². The molecular formula is C16H25N3. The molecule has 1 aromatic rings. The fourth-order valence-electron chi connectivity index (χ4n) is 3.98. The molecule has 3 nitrogen and oxygen atoms in total. The van der Waals surface area contributed by atoms with Crippen molar-refractivity contribution in [3.05, 3.63) is 23.5 Å². The van der Waals surface area contributed by atoms with Crippen molar-refractivity contribution < 1.29 is 0 Å². The van der Waals surface area contributed by atoms with Crippen molar-refractivity contribution in [3.8, 4) is 0 Å². The molecule has 19 heavy (non-hydrogen) atoms. The third kappa shape index (κ3) is 2.36. The van der Waals surface area contributed by atoms with Crippen LogP contribution in [0, 0.1) is 13.8 Å². The lowest BCUT2D eigenvalue weighted by molar-refractivity contribution is 0.361. The van der Waals surface area contributed by atoms with Crippen molar-refractivity contribution in [1.29, 1.82) is 0 Å². The Balaban J connectivity index is 1.83. The van der Waals surface area contributed by atoms with Gasteiger partial charge in [0.2, 0.25) is 0 Å². The minimum atomic E-state index is 0.714. The molecule has 0 aromatic carbocycles. The Morgan fingerprint density at radius 3 is 2.47 bits per heavy atom. The molecule has 2 fully saturated rings. The topological polar surface area (TPSA) is 28.2 Å². The van der Waals surface area contributed by atoms with Crippen molar-refractivity contribution in [2.75, 3.05) is 11.4 Å². The number of hydrogen-bond acceptors (Lipinski definition) is 3. The molecule has 3 rings (SSSR count). The Morgan fingerprint density at radius 1 is 1.21 bits per heavy atom. The van der Waals surface area contributed by atoms with E-state index in [9.17, 15) is 0 Å². The third-order valence-corrected chi connectivity index (χ3v) is 4.70. The number of rotatable bonds is 3. The zero-order valence-electron chi connectivity index (χ0n) is 12.3. The van der Waals surface area contributed by atoms with Gasteiger partial charge in [0.1, 0.15) is 0 Å². The molecule has 2 aliphatic rings. The van der Waals surface area contributed by atoms with E-state index in [-0.39, 0.29) is 0 Å². The quantitative estimate of drug-likeness (QED) is 0.904. The second-order valence-electron chi connectivity index (χ2n) is 6.08. The van der Waals surface area contributed by atoms with Crippen molar-refractivity contribution in [2.24, 2.45) is 0 Å². The van der Waals surface area contributed by atoms with Crippen LogP contribution in [0.4, 0.5) is 5.69 Å². The molecule has 0 spiro atoms. The summed E-state index contributed by atoms with van der Waals surface area (Å²) in [6.07, 6.45) is 5.27. The predicted octanol–water partition coefficient (Wildman–Crippen LogP) is 2.81. The van der Waals surface area contributed by atoms with Crippen LogP contribution in [0.1, 0.15) is 44.0 Å². The largest absolute Gasteiger partial charge is 0.364 e. The molecule has 2 unspecified atom stereocenters. The molecule has 2 bridgehead atoms. The van der Waals surface area contributed by atoms with Gasteiger partial charge >= 0.3 is 0 Å². The lowest BCUT2D eigenvalue weighted by atomic mass is 9.96. The van der Waals surface area contributed by atoms with E-state index in [1.807, 2.05) is 0 Å². The summed E-state index contributed by atoms with van der Waals surface area (Å²) in [6, 6.07) is 6.57. The number of aromatic nitrogens is 1. The van der Waals surface area contributed by atoms with Crippen molar-refractivity contribution >= 4 is 5.69 Å². The van der Waals surface area contributed by atoms with Crippen LogP contribution >= 0.6 is 0 Å². The van der Waals surface area contributed by atoms with Crippen molar-refractivity contribution in [2.45, 2.75) is 64.6 Å². The Labute approximate surface area is 116 Å². The lowest BCUT2D eigenvalue weighted by Crippen LogP contribution is -2.49. The van der Waals surface area contributed by atoms with Crippen LogP contribution in [0.15, 0.2) is 12.1 Å². The van der Waals surface area contributed by atoms with Gasteiger partial charge in [-0.05, 0) is 58.2 Å². The highest BCUT2D eigenvalue weighted by Gasteiger charge is 2.40. The van der Waals surface area contributed by atoms with E-state index in [4.69, 9.17) is 0 Å². The summed E-state index contributed by atoms with van der Waals surface area (Å²) in [5, 5.41) is 3.64. The van der Waals surface area contributed by atoms with Gasteiger partial charge in [0.25, 0.3) is 0 Å². The second kappa shape index (κ2) is 5.12. The maximum atomic E-state index is 4.64. The van der Waals surface area contributed by atoms with E-state index in [2.05, 4.69) is 48.1 Å². The number of fused-ring (bicyclic) bond motifs is 2. The first-order chi connectivity index (χ1) is 9.19. The standard InChI is InChI=1S/C16H25N3/c1-4-17-13-9-14-6-7-15(10-13)19(14)16-8-5-11(2)18-12(16)3/h5,8,13-15,17H,4,6-7,9-10H2,1-3H3. The van der Waals surface area contributed by atoms with E-state index < -0.39 is 0 Å². The first-order valence-electron chi connectivity index (χ1n) is 7.65. The molecule has 0 radical (unpaired) electrons. The van der Waals surface area contributed by atoms with E-state index in [1.165, 1.54) is 37.1 Å². The molecule has 0 saturated carbocycles. The van der Waals surface area contributed by atoms with Gasteiger partial charge < -0.3 is 10.2 Å². The lowest BCUT2D eigenvalue weighted by Gasteiger charge is -2.41. The second-order valence-corrected chi connectivity index (χ2v) is 6.08. The number of hydrogen-bond donors (Lipinski definition) is 1. The summed E-state index contributed by atoms with van der Waals surface area (Å²) in [5.41, 5.74) is 3.68. The Hall–Kier alpha value is -1.09. The van der Waals surface area contributed by atoms with E-state index in [1.54, 1.807) is 0 Å². The number of pyridine rings is 1. The monoisotopic (exact) mass is 259 g/mol. The molecule has 0 amide bonds. The van der Waals surface area contributed by atoms with E-state index in [0.717, 1.165) is 18.3 Å². The number of aryl methyl sites for hydroxylation is 2. The smallest absolute Gasteiger partial charge is 0.0609 e. The summed E-state index contributed by atoms with van der Waals surface area (Å²) >= 11 is 0.